The lowest BCUT2D eigenvalue weighted by Gasteiger charge is -2.17. The van der Waals surface area contributed by atoms with Crippen LogP contribution in [0.25, 0.3) is 82.1 Å². The fourth-order valence-electron chi connectivity index (χ4n) is 7.31. The molecule has 9 rings (SSSR count). The number of hydrogen-bond donors (Lipinski definition) is 0. The second-order valence-corrected chi connectivity index (χ2v) is 11.9. The molecule has 222 valence electrons. The predicted molar refractivity (Wildman–Crippen MR) is 197 cm³/mol. The lowest BCUT2D eigenvalue weighted by molar-refractivity contribution is 1.18. The highest BCUT2D eigenvalue weighted by molar-refractivity contribution is 6.12. The van der Waals surface area contributed by atoms with Gasteiger partial charge in [-0.25, -0.2) is 4.85 Å². The summed E-state index contributed by atoms with van der Waals surface area (Å²) in [5.41, 5.74) is 11.3. The van der Waals surface area contributed by atoms with E-state index in [1.54, 1.807) is 0 Å². The van der Waals surface area contributed by atoms with Crippen molar-refractivity contribution in [3.05, 3.63) is 175 Å². The molecule has 48 heavy (non-hydrogen) atoms. The van der Waals surface area contributed by atoms with Crippen LogP contribution in [-0.2, 0) is 0 Å². The van der Waals surface area contributed by atoms with E-state index in [1.165, 1.54) is 10.8 Å². The van der Waals surface area contributed by atoms with Gasteiger partial charge in [0.1, 0.15) is 6.07 Å². The van der Waals surface area contributed by atoms with Crippen molar-refractivity contribution < 1.29 is 0 Å². The van der Waals surface area contributed by atoms with Crippen LogP contribution in [0.15, 0.2) is 158 Å². The van der Waals surface area contributed by atoms with Gasteiger partial charge in [0.25, 0.3) is 0 Å². The Bertz CT molecular complexity index is 2760. The smallest absolute Gasteiger partial charge is 0.195 e. The first-order valence-corrected chi connectivity index (χ1v) is 15.9. The van der Waals surface area contributed by atoms with Crippen LogP contribution in [0.1, 0.15) is 5.56 Å². The maximum absolute atomic E-state index is 10.2. The third-order valence-electron chi connectivity index (χ3n) is 9.39. The SMILES string of the molecule is [C-]#[N+]c1ccc(-c2cccc(-n3c4ccccc4c4ccccc43)c2)cc1-c1ccccc1-n1c2ccccc2c2cccc(C#N)c21. The van der Waals surface area contributed by atoms with Gasteiger partial charge in [-0.15, -0.1) is 0 Å². The second kappa shape index (κ2) is 10.9. The number of benzene rings is 7. The van der Waals surface area contributed by atoms with Gasteiger partial charge in [-0.3, -0.25) is 0 Å². The van der Waals surface area contributed by atoms with Crippen molar-refractivity contribution in [1.82, 2.24) is 9.13 Å². The van der Waals surface area contributed by atoms with E-state index in [0.29, 0.717) is 11.3 Å². The van der Waals surface area contributed by atoms with E-state index in [-0.39, 0.29) is 0 Å². The Kier molecular flexibility index (Phi) is 6.22. The van der Waals surface area contributed by atoms with Gasteiger partial charge in [-0.05, 0) is 64.7 Å². The van der Waals surface area contributed by atoms with Gasteiger partial charge in [0.05, 0.1) is 39.9 Å². The molecular weight excluding hydrogens is 585 g/mol. The highest BCUT2D eigenvalue weighted by Crippen LogP contribution is 2.42. The average Bonchev–Trinajstić information content (AvgIpc) is 3.68. The van der Waals surface area contributed by atoms with Crippen LogP contribution >= 0.6 is 0 Å². The fraction of sp³-hybridized carbons (Fsp3) is 0. The molecule has 0 fully saturated rings. The van der Waals surface area contributed by atoms with Crippen LogP contribution < -0.4 is 0 Å². The third kappa shape index (κ3) is 4.07. The quantitative estimate of drug-likeness (QED) is 0.183. The molecular formula is C44H26N4. The summed E-state index contributed by atoms with van der Waals surface area (Å²) in [5, 5.41) is 14.7. The summed E-state index contributed by atoms with van der Waals surface area (Å²) in [4.78, 5) is 3.97. The van der Waals surface area contributed by atoms with E-state index in [0.717, 1.165) is 66.5 Å². The zero-order valence-corrected chi connectivity index (χ0v) is 25.8. The van der Waals surface area contributed by atoms with E-state index >= 15 is 0 Å². The van der Waals surface area contributed by atoms with E-state index in [2.05, 4.69) is 129 Å². The molecule has 0 spiro atoms. The van der Waals surface area contributed by atoms with Crippen molar-refractivity contribution in [2.75, 3.05) is 0 Å². The Morgan fingerprint density at radius 3 is 1.79 bits per heavy atom. The molecule has 2 heterocycles. The van der Waals surface area contributed by atoms with E-state index in [1.807, 2.05) is 48.5 Å². The van der Waals surface area contributed by atoms with Crippen molar-refractivity contribution >= 4 is 49.3 Å². The van der Waals surface area contributed by atoms with Crippen LogP contribution in [0.2, 0.25) is 0 Å². The van der Waals surface area contributed by atoms with E-state index in [9.17, 15) is 5.26 Å². The molecule has 0 saturated heterocycles. The van der Waals surface area contributed by atoms with Gasteiger partial charge >= 0.3 is 0 Å². The third-order valence-corrected chi connectivity index (χ3v) is 9.39. The zero-order valence-electron chi connectivity index (χ0n) is 25.8. The minimum Gasteiger partial charge on any atom is -0.309 e. The topological polar surface area (TPSA) is 38.0 Å². The van der Waals surface area contributed by atoms with Crippen molar-refractivity contribution in [3.63, 3.8) is 0 Å². The fourth-order valence-corrected chi connectivity index (χ4v) is 7.31. The van der Waals surface area contributed by atoms with E-state index < -0.39 is 0 Å². The molecule has 9 aromatic rings. The molecule has 4 heteroatoms. The van der Waals surface area contributed by atoms with Gasteiger partial charge < -0.3 is 9.13 Å². The van der Waals surface area contributed by atoms with Crippen LogP contribution in [0.3, 0.4) is 0 Å². The Hall–Kier alpha value is -6.88. The molecule has 0 bridgehead atoms. The molecule has 0 radical (unpaired) electrons. The van der Waals surface area contributed by atoms with Crippen LogP contribution in [-0.4, -0.2) is 9.13 Å². The Balaban J connectivity index is 1.25. The maximum atomic E-state index is 10.2. The predicted octanol–water partition coefficient (Wildman–Crippen LogP) is 11.6. The Morgan fingerprint density at radius 2 is 1.08 bits per heavy atom. The summed E-state index contributed by atoms with van der Waals surface area (Å²) in [5.74, 6) is 0. The maximum Gasteiger partial charge on any atom is 0.195 e. The standard InChI is InChI=1S/C44H26N4/c1-46-39-25-24-30(29-12-10-14-32(26-29)47-40-20-6-2-15-33(40)34-16-3-7-21-41(34)47)27-38(39)36-18-5-9-23-43(36)48-42-22-8-4-17-35(42)37-19-11-13-31(28-45)44(37)48/h2-27H. The summed E-state index contributed by atoms with van der Waals surface area (Å²) < 4.78 is 4.51. The van der Waals surface area contributed by atoms with Crippen LogP contribution in [0.5, 0.6) is 0 Å². The minimum atomic E-state index is 0.575. The van der Waals surface area contributed by atoms with Gasteiger partial charge in [0, 0.05) is 27.2 Å². The highest BCUT2D eigenvalue weighted by Gasteiger charge is 2.20. The number of rotatable bonds is 4. The molecule has 2 aromatic heterocycles. The van der Waals surface area contributed by atoms with Crippen LogP contribution in [0.4, 0.5) is 5.69 Å². The lowest BCUT2D eigenvalue weighted by Crippen LogP contribution is -1.99. The van der Waals surface area contributed by atoms with Crippen LogP contribution in [0, 0.1) is 17.9 Å². The molecule has 0 saturated carbocycles. The highest BCUT2D eigenvalue weighted by atomic mass is 15.0. The Morgan fingerprint density at radius 1 is 0.500 bits per heavy atom. The minimum absolute atomic E-state index is 0.575. The first kappa shape index (κ1) is 27.4. The summed E-state index contributed by atoms with van der Waals surface area (Å²) in [6.45, 7) is 8.13. The summed E-state index contributed by atoms with van der Waals surface area (Å²) >= 11 is 0. The molecule has 0 N–H and O–H groups in total. The monoisotopic (exact) mass is 610 g/mol. The summed E-state index contributed by atoms with van der Waals surface area (Å²) in [6, 6.07) is 56.6. The Labute approximate surface area is 277 Å². The number of para-hydroxylation sites is 5. The lowest BCUT2D eigenvalue weighted by atomic mass is 9.96. The van der Waals surface area contributed by atoms with Gasteiger partial charge in [0.15, 0.2) is 5.69 Å². The number of nitriles is 1. The molecule has 0 aliphatic carbocycles. The molecule has 0 unspecified atom stereocenters. The number of hydrogen-bond acceptors (Lipinski definition) is 1. The molecule has 0 amide bonds. The number of fused-ring (bicyclic) bond motifs is 6. The molecule has 0 aliphatic heterocycles. The van der Waals surface area contributed by atoms with E-state index in [4.69, 9.17) is 6.57 Å². The molecule has 4 nitrogen and oxygen atoms in total. The summed E-state index contributed by atoms with van der Waals surface area (Å²) in [7, 11) is 0. The van der Waals surface area contributed by atoms with Gasteiger partial charge in [-0.2, -0.15) is 5.26 Å². The van der Waals surface area contributed by atoms with Crippen molar-refractivity contribution in [2.45, 2.75) is 0 Å². The first-order chi connectivity index (χ1) is 23.7. The largest absolute Gasteiger partial charge is 0.309 e. The van der Waals surface area contributed by atoms with Gasteiger partial charge in [0.2, 0.25) is 0 Å². The van der Waals surface area contributed by atoms with Crippen molar-refractivity contribution in [2.24, 2.45) is 0 Å². The molecule has 7 aromatic carbocycles. The van der Waals surface area contributed by atoms with Crippen molar-refractivity contribution in [1.29, 1.82) is 5.26 Å². The molecule has 0 atom stereocenters. The molecule has 0 aliphatic rings. The van der Waals surface area contributed by atoms with Gasteiger partial charge in [-0.1, -0.05) is 115 Å². The second-order valence-electron chi connectivity index (χ2n) is 11.9. The van der Waals surface area contributed by atoms with Crippen molar-refractivity contribution in [3.8, 4) is 39.7 Å². The number of nitrogens with zero attached hydrogens (tertiary/aromatic N) is 4. The normalized spacial score (nSPS) is 11.3. The number of aromatic nitrogens is 2. The summed E-state index contributed by atoms with van der Waals surface area (Å²) in [6.07, 6.45) is 0. The zero-order chi connectivity index (χ0) is 32.2. The first-order valence-electron chi connectivity index (χ1n) is 15.9. The average molecular weight is 611 g/mol.